The summed E-state index contributed by atoms with van der Waals surface area (Å²) >= 11 is 1.67. The number of rotatable bonds is 5. The van der Waals surface area contributed by atoms with E-state index in [1.165, 1.54) is 6.42 Å². The van der Waals surface area contributed by atoms with Gasteiger partial charge in [-0.3, -0.25) is 9.59 Å². The second-order valence-corrected chi connectivity index (χ2v) is 9.03. The molecule has 1 saturated heterocycles. The van der Waals surface area contributed by atoms with E-state index < -0.39 is 6.04 Å². The standard InChI is InChI=1S/C23H27N3O2S/c1-2-29-21-13-12-18(15-24-21)25-22(27)20-14-17-10-6-7-11-19(17)26(20)23(28)16-8-4-3-5-9-16/h3-5,8-9,12-13,15,17,19-20H,2,6-7,10-11,14H2,1H3,(H,25,27). The molecule has 4 rings (SSSR count). The fraction of sp³-hybridized carbons (Fsp3) is 0.435. The van der Waals surface area contributed by atoms with Gasteiger partial charge in [-0.25, -0.2) is 4.98 Å². The van der Waals surface area contributed by atoms with E-state index in [1.807, 2.05) is 47.4 Å². The highest BCUT2D eigenvalue weighted by Crippen LogP contribution is 2.40. The van der Waals surface area contributed by atoms with Gasteiger partial charge in [-0.1, -0.05) is 38.0 Å². The van der Waals surface area contributed by atoms with Gasteiger partial charge >= 0.3 is 0 Å². The molecule has 1 N–H and O–H groups in total. The molecule has 1 aromatic carbocycles. The van der Waals surface area contributed by atoms with Gasteiger partial charge in [-0.2, -0.15) is 0 Å². The number of hydrogen-bond donors (Lipinski definition) is 1. The molecule has 3 unspecified atom stereocenters. The van der Waals surface area contributed by atoms with Crippen LogP contribution in [0.4, 0.5) is 5.69 Å². The topological polar surface area (TPSA) is 62.3 Å². The number of nitrogens with one attached hydrogen (secondary N) is 1. The summed E-state index contributed by atoms with van der Waals surface area (Å²) in [5, 5.41) is 3.94. The second kappa shape index (κ2) is 8.99. The highest BCUT2D eigenvalue weighted by Gasteiger charge is 2.47. The van der Waals surface area contributed by atoms with Crippen molar-refractivity contribution in [2.24, 2.45) is 5.92 Å². The molecule has 6 heteroatoms. The lowest BCUT2D eigenvalue weighted by atomic mass is 9.84. The summed E-state index contributed by atoms with van der Waals surface area (Å²) in [7, 11) is 0. The number of likely N-dealkylation sites (tertiary alicyclic amines) is 1. The van der Waals surface area contributed by atoms with Crippen LogP contribution in [0.2, 0.25) is 0 Å². The van der Waals surface area contributed by atoms with Crippen molar-refractivity contribution in [1.29, 1.82) is 0 Å². The lowest BCUT2D eigenvalue weighted by molar-refractivity contribution is -0.120. The van der Waals surface area contributed by atoms with Crippen molar-refractivity contribution < 1.29 is 9.59 Å². The molecular formula is C23H27N3O2S. The van der Waals surface area contributed by atoms with Crippen LogP contribution in [0, 0.1) is 5.92 Å². The molecule has 3 atom stereocenters. The number of thioether (sulfide) groups is 1. The number of nitrogens with zero attached hydrogens (tertiary/aromatic N) is 2. The molecule has 2 heterocycles. The van der Waals surface area contributed by atoms with Gasteiger partial charge in [0.1, 0.15) is 6.04 Å². The molecule has 5 nitrogen and oxygen atoms in total. The molecule has 2 amide bonds. The summed E-state index contributed by atoms with van der Waals surface area (Å²) in [5.74, 6) is 1.23. The molecule has 29 heavy (non-hydrogen) atoms. The number of pyridine rings is 1. The highest BCUT2D eigenvalue weighted by molar-refractivity contribution is 7.99. The number of hydrogen-bond acceptors (Lipinski definition) is 4. The normalized spacial score (nSPS) is 23.5. The Morgan fingerprint density at radius 3 is 2.66 bits per heavy atom. The van der Waals surface area contributed by atoms with Crippen molar-refractivity contribution >= 4 is 29.3 Å². The Morgan fingerprint density at radius 2 is 1.93 bits per heavy atom. The minimum Gasteiger partial charge on any atom is -0.323 e. The number of anilines is 1. The monoisotopic (exact) mass is 409 g/mol. The van der Waals surface area contributed by atoms with E-state index >= 15 is 0 Å². The molecule has 0 radical (unpaired) electrons. The van der Waals surface area contributed by atoms with E-state index in [-0.39, 0.29) is 17.9 Å². The first-order valence-corrected chi connectivity index (χ1v) is 11.4. The van der Waals surface area contributed by atoms with Crippen LogP contribution in [-0.2, 0) is 4.79 Å². The van der Waals surface area contributed by atoms with Crippen molar-refractivity contribution in [3.8, 4) is 0 Å². The molecule has 2 aliphatic rings. The SMILES string of the molecule is CCSc1ccc(NC(=O)C2CC3CCCCC3N2C(=O)c2ccccc2)cn1. The first-order valence-electron chi connectivity index (χ1n) is 10.4. The van der Waals surface area contributed by atoms with Gasteiger partial charge in [0.25, 0.3) is 5.91 Å². The van der Waals surface area contributed by atoms with E-state index in [2.05, 4.69) is 17.2 Å². The van der Waals surface area contributed by atoms with Crippen molar-refractivity contribution in [1.82, 2.24) is 9.88 Å². The van der Waals surface area contributed by atoms with Crippen LogP contribution in [0.1, 0.15) is 49.4 Å². The van der Waals surface area contributed by atoms with Crippen LogP contribution in [-0.4, -0.2) is 39.5 Å². The third-order valence-electron chi connectivity index (χ3n) is 5.94. The minimum atomic E-state index is -0.430. The van der Waals surface area contributed by atoms with Crippen LogP contribution in [0.3, 0.4) is 0 Å². The van der Waals surface area contributed by atoms with Gasteiger partial charge in [0, 0.05) is 11.6 Å². The van der Waals surface area contributed by atoms with Crippen molar-refractivity contribution in [3.63, 3.8) is 0 Å². The number of amides is 2. The summed E-state index contributed by atoms with van der Waals surface area (Å²) in [6, 6.07) is 12.9. The van der Waals surface area contributed by atoms with Gasteiger partial charge in [0.05, 0.1) is 16.9 Å². The van der Waals surface area contributed by atoms with Crippen LogP contribution in [0.25, 0.3) is 0 Å². The van der Waals surface area contributed by atoms with Gasteiger partial charge in [0.15, 0.2) is 0 Å². The zero-order chi connectivity index (χ0) is 20.2. The Bertz CT molecular complexity index is 856. The number of aromatic nitrogens is 1. The van der Waals surface area contributed by atoms with Crippen molar-refractivity contribution in [2.45, 2.75) is 56.1 Å². The largest absolute Gasteiger partial charge is 0.323 e. The third-order valence-corrected chi connectivity index (χ3v) is 6.77. The third kappa shape index (κ3) is 4.32. The van der Waals surface area contributed by atoms with Crippen LogP contribution in [0.5, 0.6) is 0 Å². The summed E-state index contributed by atoms with van der Waals surface area (Å²) in [4.78, 5) is 32.7. The Labute approximate surface area is 176 Å². The second-order valence-electron chi connectivity index (χ2n) is 7.75. The number of carbonyl (C=O) groups excluding carboxylic acids is 2. The molecule has 0 bridgehead atoms. The van der Waals surface area contributed by atoms with E-state index in [1.54, 1.807) is 18.0 Å². The maximum Gasteiger partial charge on any atom is 0.254 e. The van der Waals surface area contributed by atoms with E-state index in [0.717, 1.165) is 36.5 Å². The first kappa shape index (κ1) is 20.0. The molecule has 152 valence electrons. The zero-order valence-corrected chi connectivity index (χ0v) is 17.5. The van der Waals surface area contributed by atoms with E-state index in [9.17, 15) is 9.59 Å². The molecule has 1 saturated carbocycles. The smallest absolute Gasteiger partial charge is 0.254 e. The predicted octanol–water partition coefficient (Wildman–Crippen LogP) is 4.61. The summed E-state index contributed by atoms with van der Waals surface area (Å²) in [5.41, 5.74) is 1.33. The lowest BCUT2D eigenvalue weighted by Gasteiger charge is -2.33. The Hall–Kier alpha value is -2.34. The molecule has 2 fully saturated rings. The molecular weight excluding hydrogens is 382 g/mol. The molecule has 1 aliphatic carbocycles. The van der Waals surface area contributed by atoms with Crippen LogP contribution < -0.4 is 5.32 Å². The fourth-order valence-electron chi connectivity index (χ4n) is 4.63. The average molecular weight is 410 g/mol. The molecule has 1 aliphatic heterocycles. The van der Waals surface area contributed by atoms with Gasteiger partial charge in [-0.15, -0.1) is 11.8 Å². The molecule has 1 aromatic heterocycles. The minimum absolute atomic E-state index is 0.0343. The maximum absolute atomic E-state index is 13.3. The van der Waals surface area contributed by atoms with Crippen molar-refractivity contribution in [3.05, 3.63) is 54.2 Å². The summed E-state index contributed by atoms with van der Waals surface area (Å²) in [6.45, 7) is 2.08. The Morgan fingerprint density at radius 1 is 1.14 bits per heavy atom. The Kier molecular flexibility index (Phi) is 6.19. The quantitative estimate of drug-likeness (QED) is 0.733. The fourth-order valence-corrected chi connectivity index (χ4v) is 5.22. The van der Waals surface area contributed by atoms with Gasteiger partial charge < -0.3 is 10.2 Å². The highest BCUT2D eigenvalue weighted by atomic mass is 32.2. The zero-order valence-electron chi connectivity index (χ0n) is 16.7. The van der Waals surface area contributed by atoms with E-state index in [4.69, 9.17) is 0 Å². The first-order chi connectivity index (χ1) is 14.2. The summed E-state index contributed by atoms with van der Waals surface area (Å²) in [6.07, 6.45) is 6.82. The number of fused-ring (bicyclic) bond motifs is 1. The number of benzene rings is 1. The van der Waals surface area contributed by atoms with Crippen LogP contribution in [0.15, 0.2) is 53.7 Å². The lowest BCUT2D eigenvalue weighted by Crippen LogP contribution is -2.47. The maximum atomic E-state index is 13.3. The predicted molar refractivity (Wildman–Crippen MR) is 116 cm³/mol. The molecule has 0 spiro atoms. The Balaban J connectivity index is 1.54. The summed E-state index contributed by atoms with van der Waals surface area (Å²) < 4.78 is 0. The van der Waals surface area contributed by atoms with Gasteiger partial charge in [0.2, 0.25) is 5.91 Å². The number of carbonyl (C=O) groups is 2. The van der Waals surface area contributed by atoms with E-state index in [0.29, 0.717) is 17.2 Å². The van der Waals surface area contributed by atoms with Crippen LogP contribution >= 0.6 is 11.8 Å². The van der Waals surface area contributed by atoms with Crippen molar-refractivity contribution in [2.75, 3.05) is 11.1 Å². The molecule has 2 aromatic rings. The average Bonchev–Trinajstić information content (AvgIpc) is 3.15. The van der Waals surface area contributed by atoms with Gasteiger partial charge in [-0.05, 0) is 55.2 Å².